The number of nitrogens with zero attached hydrogens (tertiary/aromatic N) is 2. The average Bonchev–Trinajstić information content (AvgIpc) is 2.82. The second-order valence-corrected chi connectivity index (χ2v) is 10.2. The molecule has 0 bridgehead atoms. The van der Waals surface area contributed by atoms with Crippen LogP contribution in [0.1, 0.15) is 31.2 Å². The smallest absolute Gasteiger partial charge is 0.242 e. The summed E-state index contributed by atoms with van der Waals surface area (Å²) in [5.74, 6) is 0.561. The summed E-state index contributed by atoms with van der Waals surface area (Å²) in [5, 5.41) is 3.54. The van der Waals surface area contributed by atoms with Gasteiger partial charge in [-0.05, 0) is 68.5 Å². The van der Waals surface area contributed by atoms with Gasteiger partial charge in [0.25, 0.3) is 0 Å². The predicted octanol–water partition coefficient (Wildman–Crippen LogP) is 2.48. The molecule has 1 aromatic carbocycles. The number of rotatable bonds is 8. The Labute approximate surface area is 189 Å². The molecular weight excluding hydrogens is 431 g/mol. The van der Waals surface area contributed by atoms with Crippen molar-refractivity contribution in [3.05, 3.63) is 54.0 Å². The zero-order chi connectivity index (χ0) is 22.4. The van der Waals surface area contributed by atoms with E-state index in [1.165, 1.54) is 18.3 Å². The summed E-state index contributed by atoms with van der Waals surface area (Å²) in [5.41, 5.74) is 1.11. The molecule has 0 unspecified atom stereocenters. The lowest BCUT2D eigenvalue weighted by Gasteiger charge is -2.30. The normalized spacial score (nSPS) is 22.1. The van der Waals surface area contributed by atoms with Gasteiger partial charge in [-0.3, -0.25) is 0 Å². The van der Waals surface area contributed by atoms with Crippen molar-refractivity contribution >= 4 is 15.8 Å². The van der Waals surface area contributed by atoms with Crippen LogP contribution in [0, 0.1) is 5.82 Å². The fourth-order valence-corrected chi connectivity index (χ4v) is 5.53. The van der Waals surface area contributed by atoms with Gasteiger partial charge in [0.15, 0.2) is 0 Å². The molecule has 2 fully saturated rings. The molecule has 32 heavy (non-hydrogen) atoms. The lowest BCUT2D eigenvalue weighted by molar-refractivity contribution is 0.122. The standard InChI is InChI=1S/C23H31FN4O3S/c24-19-3-1-18(2-4-19)11-12-25-20-5-7-21(8-6-20)27-32(29,30)22-9-10-23(26-17-22)28-13-15-31-16-14-28/h1-4,9-10,17,20-21,25,27H,5-8,11-16H2. The van der Waals surface area contributed by atoms with E-state index >= 15 is 0 Å². The highest BCUT2D eigenvalue weighted by Crippen LogP contribution is 2.22. The number of ether oxygens (including phenoxy) is 1. The molecule has 1 aliphatic carbocycles. The zero-order valence-corrected chi connectivity index (χ0v) is 19.0. The molecule has 174 valence electrons. The second-order valence-electron chi connectivity index (χ2n) is 8.45. The minimum atomic E-state index is -3.59. The van der Waals surface area contributed by atoms with E-state index in [1.54, 1.807) is 12.1 Å². The maximum Gasteiger partial charge on any atom is 0.242 e. The molecule has 1 aromatic heterocycles. The summed E-state index contributed by atoms with van der Waals surface area (Å²) < 4.78 is 46.8. The Bertz CT molecular complexity index is 956. The number of pyridine rings is 1. The van der Waals surface area contributed by atoms with Crippen LogP contribution in [0.5, 0.6) is 0 Å². The summed E-state index contributed by atoms with van der Waals surface area (Å²) in [6.45, 7) is 3.67. The Hall–Kier alpha value is -2.07. The first-order valence-corrected chi connectivity index (χ1v) is 12.8. The van der Waals surface area contributed by atoms with Crippen LogP contribution in [0.25, 0.3) is 0 Å². The number of halogens is 1. The number of nitrogens with one attached hydrogen (secondary N) is 2. The van der Waals surface area contributed by atoms with Crippen molar-refractivity contribution in [2.45, 2.75) is 49.1 Å². The second kappa shape index (κ2) is 10.7. The number of aromatic nitrogens is 1. The van der Waals surface area contributed by atoms with Crippen LogP contribution >= 0.6 is 0 Å². The predicted molar refractivity (Wildman–Crippen MR) is 122 cm³/mol. The molecule has 2 N–H and O–H groups in total. The van der Waals surface area contributed by atoms with E-state index in [1.807, 2.05) is 12.1 Å². The highest BCUT2D eigenvalue weighted by atomic mass is 32.2. The van der Waals surface area contributed by atoms with Gasteiger partial charge < -0.3 is 15.0 Å². The van der Waals surface area contributed by atoms with Crippen molar-refractivity contribution in [3.63, 3.8) is 0 Å². The summed E-state index contributed by atoms with van der Waals surface area (Å²) in [4.78, 5) is 6.66. The van der Waals surface area contributed by atoms with Gasteiger partial charge in [0.2, 0.25) is 10.0 Å². The first kappa shape index (κ1) is 23.1. The molecule has 4 rings (SSSR count). The minimum absolute atomic E-state index is 0.0610. The third-order valence-corrected chi connectivity index (χ3v) is 7.68. The Morgan fingerprint density at radius 2 is 1.69 bits per heavy atom. The highest BCUT2D eigenvalue weighted by Gasteiger charge is 2.26. The molecule has 0 atom stereocenters. The number of anilines is 1. The van der Waals surface area contributed by atoms with E-state index in [2.05, 4.69) is 19.9 Å². The SMILES string of the molecule is O=S(=O)(NC1CCC(NCCc2ccc(F)cc2)CC1)c1ccc(N2CCOCC2)nc1. The maximum absolute atomic E-state index is 13.0. The van der Waals surface area contributed by atoms with Gasteiger partial charge in [-0.15, -0.1) is 0 Å². The van der Waals surface area contributed by atoms with Crippen LogP contribution in [0.3, 0.4) is 0 Å². The van der Waals surface area contributed by atoms with Crippen molar-refractivity contribution in [2.24, 2.45) is 0 Å². The van der Waals surface area contributed by atoms with Gasteiger partial charge >= 0.3 is 0 Å². The van der Waals surface area contributed by atoms with Crippen LogP contribution in [0.2, 0.25) is 0 Å². The lowest BCUT2D eigenvalue weighted by atomic mass is 9.92. The molecule has 2 aliphatic rings. The van der Waals surface area contributed by atoms with E-state index in [-0.39, 0.29) is 16.8 Å². The van der Waals surface area contributed by atoms with E-state index in [0.717, 1.165) is 63.1 Å². The van der Waals surface area contributed by atoms with E-state index < -0.39 is 10.0 Å². The summed E-state index contributed by atoms with van der Waals surface area (Å²) >= 11 is 0. The largest absolute Gasteiger partial charge is 0.378 e. The Morgan fingerprint density at radius 3 is 2.34 bits per heavy atom. The van der Waals surface area contributed by atoms with Gasteiger partial charge in [0.05, 0.1) is 13.2 Å². The first-order valence-electron chi connectivity index (χ1n) is 11.3. The third-order valence-electron chi connectivity index (χ3n) is 6.18. The van der Waals surface area contributed by atoms with Crippen molar-refractivity contribution in [1.29, 1.82) is 0 Å². The Kier molecular flexibility index (Phi) is 7.72. The van der Waals surface area contributed by atoms with Crippen molar-refractivity contribution < 1.29 is 17.5 Å². The molecule has 9 heteroatoms. The van der Waals surface area contributed by atoms with E-state index in [0.29, 0.717) is 19.3 Å². The van der Waals surface area contributed by atoms with Gasteiger partial charge in [-0.2, -0.15) is 0 Å². The fraction of sp³-hybridized carbons (Fsp3) is 0.522. The first-order chi connectivity index (χ1) is 15.5. The molecule has 0 radical (unpaired) electrons. The highest BCUT2D eigenvalue weighted by molar-refractivity contribution is 7.89. The fourth-order valence-electron chi connectivity index (χ4n) is 4.29. The van der Waals surface area contributed by atoms with Crippen molar-refractivity contribution in [3.8, 4) is 0 Å². The zero-order valence-electron chi connectivity index (χ0n) is 18.2. The quantitative estimate of drug-likeness (QED) is 0.627. The minimum Gasteiger partial charge on any atom is -0.378 e. The molecule has 1 saturated carbocycles. The van der Waals surface area contributed by atoms with Crippen molar-refractivity contribution in [1.82, 2.24) is 15.0 Å². The molecule has 0 amide bonds. The number of hydrogen-bond donors (Lipinski definition) is 2. The van der Waals surface area contributed by atoms with Crippen LogP contribution in [-0.2, 0) is 21.2 Å². The number of morpholine rings is 1. The topological polar surface area (TPSA) is 83.6 Å². The Balaban J connectivity index is 1.22. The van der Waals surface area contributed by atoms with Crippen LogP contribution in [0.4, 0.5) is 10.2 Å². The summed E-state index contributed by atoms with van der Waals surface area (Å²) in [6.07, 6.45) is 5.73. The van der Waals surface area contributed by atoms with Gasteiger partial charge in [-0.25, -0.2) is 22.5 Å². The average molecular weight is 463 g/mol. The molecule has 2 aromatic rings. The van der Waals surface area contributed by atoms with Gasteiger partial charge in [0, 0.05) is 31.4 Å². The van der Waals surface area contributed by atoms with E-state index in [9.17, 15) is 12.8 Å². The molecule has 1 aliphatic heterocycles. The summed E-state index contributed by atoms with van der Waals surface area (Å²) in [6, 6.07) is 10.3. The van der Waals surface area contributed by atoms with Crippen LogP contribution in [0.15, 0.2) is 47.5 Å². The monoisotopic (exact) mass is 462 g/mol. The molecular formula is C23H31FN4O3S. The lowest BCUT2D eigenvalue weighted by Crippen LogP contribution is -2.42. The van der Waals surface area contributed by atoms with Gasteiger partial charge in [0.1, 0.15) is 16.5 Å². The molecule has 2 heterocycles. The molecule has 1 saturated heterocycles. The summed E-state index contributed by atoms with van der Waals surface area (Å²) in [7, 11) is -3.59. The maximum atomic E-state index is 13.0. The molecule has 0 spiro atoms. The number of benzene rings is 1. The van der Waals surface area contributed by atoms with Crippen LogP contribution < -0.4 is 14.9 Å². The van der Waals surface area contributed by atoms with E-state index in [4.69, 9.17) is 4.74 Å². The van der Waals surface area contributed by atoms with Crippen LogP contribution in [-0.4, -0.2) is 58.3 Å². The number of sulfonamides is 1. The number of hydrogen-bond acceptors (Lipinski definition) is 6. The molecule has 7 nitrogen and oxygen atoms in total. The van der Waals surface area contributed by atoms with Crippen molar-refractivity contribution in [2.75, 3.05) is 37.7 Å². The third kappa shape index (κ3) is 6.25. The van der Waals surface area contributed by atoms with Gasteiger partial charge in [-0.1, -0.05) is 12.1 Å². The Morgan fingerprint density at radius 1 is 1.00 bits per heavy atom.